The topological polar surface area (TPSA) is 51.5 Å². The predicted octanol–water partition coefficient (Wildman–Crippen LogP) is 2.52. The predicted molar refractivity (Wildman–Crippen MR) is 79.0 cm³/mol. The molecule has 3 heterocycles. The van der Waals surface area contributed by atoms with Crippen molar-refractivity contribution in [3.05, 3.63) is 24.0 Å². The average molecular weight is 274 g/mol. The van der Waals surface area contributed by atoms with Gasteiger partial charge in [-0.25, -0.2) is 4.98 Å². The fourth-order valence-electron chi connectivity index (χ4n) is 2.69. The molecule has 0 aliphatic carbocycles. The highest BCUT2D eigenvalue weighted by molar-refractivity contribution is 5.49. The molecule has 5 nitrogen and oxygen atoms in total. The highest BCUT2D eigenvalue weighted by Crippen LogP contribution is 2.18. The molecular weight excluding hydrogens is 252 g/mol. The van der Waals surface area contributed by atoms with Gasteiger partial charge in [0.25, 0.3) is 0 Å². The van der Waals surface area contributed by atoms with Crippen molar-refractivity contribution in [2.45, 2.75) is 32.6 Å². The van der Waals surface area contributed by atoms with E-state index >= 15 is 0 Å². The highest BCUT2D eigenvalue weighted by Gasteiger charge is 2.14. The van der Waals surface area contributed by atoms with Gasteiger partial charge in [0.2, 0.25) is 0 Å². The zero-order valence-corrected chi connectivity index (χ0v) is 12.0. The first kappa shape index (κ1) is 13.4. The third-order valence-corrected chi connectivity index (χ3v) is 3.89. The summed E-state index contributed by atoms with van der Waals surface area (Å²) in [5.74, 6) is 1.80. The van der Waals surface area contributed by atoms with Crippen LogP contribution in [-0.2, 0) is 11.2 Å². The molecule has 3 rings (SSSR count). The van der Waals surface area contributed by atoms with Crippen LogP contribution in [0, 0.1) is 5.92 Å². The van der Waals surface area contributed by atoms with Crippen LogP contribution < -0.4 is 5.32 Å². The Balaban J connectivity index is 1.59. The molecule has 0 spiro atoms. The normalized spacial score (nSPS) is 18.8. The van der Waals surface area contributed by atoms with E-state index in [1.807, 2.05) is 10.6 Å². The number of nitrogens with zero attached hydrogens (tertiary/aromatic N) is 3. The van der Waals surface area contributed by atoms with E-state index in [4.69, 9.17) is 4.74 Å². The van der Waals surface area contributed by atoms with Gasteiger partial charge in [-0.05, 0) is 31.6 Å². The van der Waals surface area contributed by atoms with Gasteiger partial charge >= 0.3 is 0 Å². The van der Waals surface area contributed by atoms with E-state index in [2.05, 4.69) is 28.4 Å². The first-order valence-electron chi connectivity index (χ1n) is 7.52. The smallest absolute Gasteiger partial charge is 0.157 e. The van der Waals surface area contributed by atoms with Crippen molar-refractivity contribution in [2.24, 2.45) is 5.92 Å². The van der Waals surface area contributed by atoms with Crippen LogP contribution in [0.4, 0.5) is 5.82 Å². The quantitative estimate of drug-likeness (QED) is 0.822. The first-order chi connectivity index (χ1) is 9.86. The van der Waals surface area contributed by atoms with Gasteiger partial charge < -0.3 is 10.1 Å². The van der Waals surface area contributed by atoms with Crippen LogP contribution in [0.15, 0.2) is 18.3 Å². The van der Waals surface area contributed by atoms with Gasteiger partial charge in [-0.2, -0.15) is 9.61 Å². The van der Waals surface area contributed by atoms with Crippen LogP contribution in [0.5, 0.6) is 0 Å². The number of hydrogen-bond donors (Lipinski definition) is 1. The lowest BCUT2D eigenvalue weighted by molar-refractivity contribution is 0.184. The molecule has 1 aliphatic rings. The molecule has 0 amide bonds. The maximum absolute atomic E-state index is 5.41. The maximum Gasteiger partial charge on any atom is 0.157 e. The minimum atomic E-state index is 0.755. The Morgan fingerprint density at radius 2 is 2.45 bits per heavy atom. The van der Waals surface area contributed by atoms with E-state index < -0.39 is 0 Å². The fourth-order valence-corrected chi connectivity index (χ4v) is 2.69. The number of rotatable bonds is 6. The maximum atomic E-state index is 5.41. The molecule has 0 unspecified atom stereocenters. The number of ether oxygens (including phenoxy) is 1. The Labute approximate surface area is 119 Å². The summed E-state index contributed by atoms with van der Waals surface area (Å²) in [6.45, 7) is 4.98. The number of aryl methyl sites for hydroxylation is 1. The summed E-state index contributed by atoms with van der Waals surface area (Å²) in [5, 5.41) is 7.81. The molecule has 0 radical (unpaired) electrons. The third-order valence-electron chi connectivity index (χ3n) is 3.89. The lowest BCUT2D eigenvalue weighted by atomic mass is 10.0. The zero-order chi connectivity index (χ0) is 13.8. The Morgan fingerprint density at radius 1 is 1.50 bits per heavy atom. The summed E-state index contributed by atoms with van der Waals surface area (Å²) >= 11 is 0. The van der Waals surface area contributed by atoms with Crippen molar-refractivity contribution in [1.82, 2.24) is 14.6 Å². The average Bonchev–Trinajstić information content (AvgIpc) is 3.13. The van der Waals surface area contributed by atoms with Gasteiger partial charge in [0.15, 0.2) is 5.65 Å². The fraction of sp³-hybridized carbons (Fsp3) is 0.600. The number of aromatic nitrogens is 3. The molecule has 2 aromatic heterocycles. The molecule has 2 aromatic rings. The highest BCUT2D eigenvalue weighted by atomic mass is 16.5. The summed E-state index contributed by atoms with van der Waals surface area (Å²) < 4.78 is 7.28. The van der Waals surface area contributed by atoms with Gasteiger partial charge in [-0.1, -0.05) is 6.92 Å². The molecule has 0 saturated carbocycles. The summed E-state index contributed by atoms with van der Waals surface area (Å²) in [7, 11) is 0. The van der Waals surface area contributed by atoms with Crippen LogP contribution >= 0.6 is 0 Å². The number of nitrogens with one attached hydrogen (secondary N) is 1. The first-order valence-corrected chi connectivity index (χ1v) is 7.52. The largest absolute Gasteiger partial charge is 0.381 e. The summed E-state index contributed by atoms with van der Waals surface area (Å²) in [5.41, 5.74) is 2.01. The SMILES string of the molecule is CCc1cc(NCCC[C@H]2CCOC2)n2nccc2n1. The summed E-state index contributed by atoms with van der Waals surface area (Å²) in [4.78, 5) is 4.55. The molecule has 1 saturated heterocycles. The van der Waals surface area contributed by atoms with Crippen LogP contribution in [0.1, 0.15) is 31.9 Å². The van der Waals surface area contributed by atoms with Crippen molar-refractivity contribution in [3.63, 3.8) is 0 Å². The van der Waals surface area contributed by atoms with E-state index in [9.17, 15) is 0 Å². The van der Waals surface area contributed by atoms with Gasteiger partial charge in [0.05, 0.1) is 6.20 Å². The Morgan fingerprint density at radius 3 is 3.25 bits per heavy atom. The number of hydrogen-bond acceptors (Lipinski definition) is 4. The second-order valence-corrected chi connectivity index (χ2v) is 5.39. The Bertz CT molecular complexity index is 560. The molecule has 0 aromatic carbocycles. The lowest BCUT2D eigenvalue weighted by Crippen LogP contribution is -2.10. The van der Waals surface area contributed by atoms with E-state index in [1.54, 1.807) is 6.20 Å². The minimum Gasteiger partial charge on any atom is -0.381 e. The van der Waals surface area contributed by atoms with Gasteiger partial charge in [-0.15, -0.1) is 0 Å². The van der Waals surface area contributed by atoms with Gasteiger partial charge in [0, 0.05) is 37.6 Å². The second-order valence-electron chi connectivity index (χ2n) is 5.39. The zero-order valence-electron chi connectivity index (χ0n) is 12.0. The Kier molecular flexibility index (Phi) is 4.16. The molecule has 1 atom stereocenters. The van der Waals surface area contributed by atoms with Crippen molar-refractivity contribution in [1.29, 1.82) is 0 Å². The summed E-state index contributed by atoms with van der Waals surface area (Å²) in [6, 6.07) is 4.04. The minimum absolute atomic E-state index is 0.755. The van der Waals surface area contributed by atoms with Gasteiger partial charge in [-0.3, -0.25) is 0 Å². The molecular formula is C15H22N4O. The number of fused-ring (bicyclic) bond motifs is 1. The molecule has 0 bridgehead atoms. The molecule has 1 N–H and O–H groups in total. The van der Waals surface area contributed by atoms with Crippen molar-refractivity contribution < 1.29 is 4.74 Å². The van der Waals surface area contributed by atoms with Crippen molar-refractivity contribution >= 4 is 11.5 Å². The standard InChI is InChI=1S/C15H22N4O/c1-2-13-10-15(19-14(18-13)5-8-17-19)16-7-3-4-12-6-9-20-11-12/h5,8,10,12,16H,2-4,6-7,9,11H2,1H3/t12-/m0/s1. The molecule has 20 heavy (non-hydrogen) atoms. The summed E-state index contributed by atoms with van der Waals surface area (Å²) in [6.07, 6.45) is 6.36. The van der Waals surface area contributed by atoms with Crippen LogP contribution in [0.2, 0.25) is 0 Å². The molecule has 108 valence electrons. The monoisotopic (exact) mass is 274 g/mol. The molecule has 5 heteroatoms. The molecule has 1 aliphatic heterocycles. The van der Waals surface area contributed by atoms with Crippen molar-refractivity contribution in [3.8, 4) is 0 Å². The molecule has 1 fully saturated rings. The van der Waals surface area contributed by atoms with Crippen LogP contribution in [0.25, 0.3) is 5.65 Å². The Hall–Kier alpha value is -1.62. The van der Waals surface area contributed by atoms with Gasteiger partial charge in [0.1, 0.15) is 5.82 Å². The third kappa shape index (κ3) is 2.93. The van der Waals surface area contributed by atoms with E-state index in [-0.39, 0.29) is 0 Å². The van der Waals surface area contributed by atoms with E-state index in [1.165, 1.54) is 19.3 Å². The van der Waals surface area contributed by atoms with Crippen LogP contribution in [-0.4, -0.2) is 34.4 Å². The van der Waals surface area contributed by atoms with E-state index in [0.717, 1.165) is 49.3 Å². The number of anilines is 1. The van der Waals surface area contributed by atoms with Crippen LogP contribution in [0.3, 0.4) is 0 Å². The lowest BCUT2D eigenvalue weighted by Gasteiger charge is -2.11. The van der Waals surface area contributed by atoms with Crippen molar-refractivity contribution in [2.75, 3.05) is 25.1 Å². The van der Waals surface area contributed by atoms with E-state index in [0.29, 0.717) is 0 Å². The second kappa shape index (κ2) is 6.22.